The van der Waals surface area contributed by atoms with Crippen LogP contribution in [0.15, 0.2) is 0 Å². The lowest BCUT2D eigenvalue weighted by atomic mass is 9.98. The summed E-state index contributed by atoms with van der Waals surface area (Å²) in [5.74, 6) is -0.296. The molecule has 0 heterocycles. The maximum Gasteiger partial charge on any atom is 0.310 e. The van der Waals surface area contributed by atoms with Crippen molar-refractivity contribution in [1.82, 2.24) is 0 Å². The monoisotopic (exact) mass is 199 g/mol. The molecular weight excluding hydrogens is 178 g/mol. The van der Waals surface area contributed by atoms with E-state index in [9.17, 15) is 4.79 Å². The topological polar surface area (TPSA) is 52.3 Å². The summed E-state index contributed by atoms with van der Waals surface area (Å²) >= 11 is 0. The number of hydrogen-bond donors (Lipinski definition) is 1. The number of hydrogen-bond acceptors (Lipinski definition) is 3. The predicted octanol–water partition coefficient (Wildman–Crippen LogP) is 1.85. The van der Waals surface area contributed by atoms with Crippen LogP contribution in [-0.2, 0) is 9.53 Å². The summed E-state index contributed by atoms with van der Waals surface area (Å²) in [5, 5.41) is 0. The molecule has 0 radical (unpaired) electrons. The summed E-state index contributed by atoms with van der Waals surface area (Å²) < 4.78 is 5.58. The Bertz CT molecular complexity index is 197. The van der Waals surface area contributed by atoms with Gasteiger partial charge in [0.15, 0.2) is 0 Å². The molecular formula is C11H21NO2. The molecule has 1 fully saturated rings. The average Bonchev–Trinajstić information content (AvgIpc) is 2.65. The lowest BCUT2D eigenvalue weighted by molar-refractivity contribution is -0.163. The molecule has 3 heteroatoms. The molecule has 0 bridgehead atoms. The van der Waals surface area contributed by atoms with E-state index in [1.165, 1.54) is 12.8 Å². The number of rotatable bonds is 4. The quantitative estimate of drug-likeness (QED) is 0.703. The van der Waals surface area contributed by atoms with Gasteiger partial charge in [-0.2, -0.15) is 0 Å². The fourth-order valence-corrected chi connectivity index (χ4v) is 1.96. The van der Waals surface area contributed by atoms with Crippen molar-refractivity contribution in [2.45, 2.75) is 51.6 Å². The van der Waals surface area contributed by atoms with Crippen LogP contribution in [0.25, 0.3) is 0 Å². The number of carbonyl (C=O) groups is 1. The van der Waals surface area contributed by atoms with Gasteiger partial charge in [0, 0.05) is 6.54 Å². The van der Waals surface area contributed by atoms with Crippen LogP contribution in [0, 0.1) is 5.92 Å². The predicted molar refractivity (Wildman–Crippen MR) is 55.8 cm³/mol. The lowest BCUT2D eigenvalue weighted by Crippen LogP contribution is -2.35. The maximum absolute atomic E-state index is 11.6. The van der Waals surface area contributed by atoms with Gasteiger partial charge >= 0.3 is 5.97 Å². The van der Waals surface area contributed by atoms with Crippen molar-refractivity contribution in [3.63, 3.8) is 0 Å². The molecule has 0 aromatic heterocycles. The van der Waals surface area contributed by atoms with Gasteiger partial charge in [-0.1, -0.05) is 13.8 Å². The van der Waals surface area contributed by atoms with E-state index in [1.807, 2.05) is 6.92 Å². The molecule has 1 rings (SSSR count). The van der Waals surface area contributed by atoms with Crippen LogP contribution in [0.1, 0.15) is 46.0 Å². The fraction of sp³-hybridized carbons (Fsp3) is 0.909. The second kappa shape index (κ2) is 4.78. The van der Waals surface area contributed by atoms with E-state index in [2.05, 4.69) is 6.92 Å². The summed E-state index contributed by atoms with van der Waals surface area (Å²) in [5.41, 5.74) is 5.26. The van der Waals surface area contributed by atoms with Crippen molar-refractivity contribution in [3.8, 4) is 0 Å². The Morgan fingerprint density at radius 3 is 2.50 bits per heavy atom. The molecule has 0 aliphatic heterocycles. The highest BCUT2D eigenvalue weighted by Crippen LogP contribution is 2.36. The van der Waals surface area contributed by atoms with Crippen molar-refractivity contribution in [2.75, 3.05) is 6.54 Å². The van der Waals surface area contributed by atoms with Crippen molar-refractivity contribution in [1.29, 1.82) is 0 Å². The minimum atomic E-state index is -0.168. The van der Waals surface area contributed by atoms with Crippen LogP contribution in [-0.4, -0.2) is 18.1 Å². The van der Waals surface area contributed by atoms with Crippen molar-refractivity contribution in [2.24, 2.45) is 11.7 Å². The van der Waals surface area contributed by atoms with E-state index < -0.39 is 0 Å². The van der Waals surface area contributed by atoms with Gasteiger partial charge in [0.25, 0.3) is 0 Å². The average molecular weight is 199 g/mol. The van der Waals surface area contributed by atoms with E-state index in [0.29, 0.717) is 6.54 Å². The van der Waals surface area contributed by atoms with Crippen LogP contribution in [0.4, 0.5) is 0 Å². The number of nitrogens with two attached hydrogens (primary N) is 1. The van der Waals surface area contributed by atoms with Crippen molar-refractivity contribution < 1.29 is 9.53 Å². The summed E-state index contributed by atoms with van der Waals surface area (Å²) in [6.45, 7) is 4.28. The van der Waals surface area contributed by atoms with Gasteiger partial charge in [-0.15, -0.1) is 0 Å². The van der Waals surface area contributed by atoms with Gasteiger partial charge < -0.3 is 10.5 Å². The maximum atomic E-state index is 11.6. The molecule has 0 aromatic carbocycles. The highest BCUT2D eigenvalue weighted by Gasteiger charge is 2.36. The lowest BCUT2D eigenvalue weighted by Gasteiger charge is -2.28. The van der Waals surface area contributed by atoms with Crippen LogP contribution in [0.5, 0.6) is 0 Å². The van der Waals surface area contributed by atoms with Gasteiger partial charge in [-0.25, -0.2) is 0 Å². The van der Waals surface area contributed by atoms with Gasteiger partial charge in [0.2, 0.25) is 0 Å². The zero-order chi connectivity index (χ0) is 10.6. The molecule has 1 atom stereocenters. The van der Waals surface area contributed by atoms with Gasteiger partial charge in [-0.05, 0) is 32.1 Å². The van der Waals surface area contributed by atoms with E-state index in [-0.39, 0.29) is 17.5 Å². The Morgan fingerprint density at radius 2 is 2.07 bits per heavy atom. The molecule has 0 amide bonds. The van der Waals surface area contributed by atoms with E-state index in [0.717, 1.165) is 19.3 Å². The fourth-order valence-electron chi connectivity index (χ4n) is 1.96. The first-order valence-electron chi connectivity index (χ1n) is 5.56. The molecule has 1 unspecified atom stereocenters. The van der Waals surface area contributed by atoms with Crippen LogP contribution < -0.4 is 5.73 Å². The molecule has 0 aromatic rings. The summed E-state index contributed by atoms with van der Waals surface area (Å²) in [6, 6.07) is 0. The van der Waals surface area contributed by atoms with Gasteiger partial charge in [0.1, 0.15) is 5.60 Å². The molecule has 2 N–H and O–H groups in total. The van der Waals surface area contributed by atoms with Crippen LogP contribution >= 0.6 is 0 Å². The Balaban J connectivity index is 2.52. The standard InChI is InChI=1S/C11H21NO2/c1-3-11(6-4-5-7-11)14-10(13)9(2)8-12/h9H,3-8,12H2,1-2H3. The van der Waals surface area contributed by atoms with Crippen LogP contribution in [0.2, 0.25) is 0 Å². The Morgan fingerprint density at radius 1 is 1.50 bits per heavy atom. The zero-order valence-corrected chi connectivity index (χ0v) is 9.21. The molecule has 1 aliphatic rings. The van der Waals surface area contributed by atoms with Crippen molar-refractivity contribution >= 4 is 5.97 Å². The number of esters is 1. The Labute approximate surface area is 86.0 Å². The normalized spacial score (nSPS) is 21.9. The molecule has 82 valence electrons. The first-order valence-corrected chi connectivity index (χ1v) is 5.56. The molecule has 0 saturated heterocycles. The molecule has 3 nitrogen and oxygen atoms in total. The van der Waals surface area contributed by atoms with E-state index in [4.69, 9.17) is 10.5 Å². The Hall–Kier alpha value is -0.570. The SMILES string of the molecule is CCC1(OC(=O)C(C)CN)CCCC1. The minimum absolute atomic E-state index is 0.128. The zero-order valence-electron chi connectivity index (χ0n) is 9.21. The molecule has 1 saturated carbocycles. The highest BCUT2D eigenvalue weighted by atomic mass is 16.6. The second-order valence-electron chi connectivity index (χ2n) is 4.30. The largest absolute Gasteiger partial charge is 0.459 e. The summed E-state index contributed by atoms with van der Waals surface area (Å²) in [4.78, 5) is 11.6. The third kappa shape index (κ3) is 2.47. The molecule has 0 spiro atoms. The highest BCUT2D eigenvalue weighted by molar-refractivity contribution is 5.72. The van der Waals surface area contributed by atoms with E-state index in [1.54, 1.807) is 0 Å². The smallest absolute Gasteiger partial charge is 0.310 e. The third-order valence-corrected chi connectivity index (χ3v) is 3.23. The number of carbonyl (C=O) groups excluding carboxylic acids is 1. The molecule has 14 heavy (non-hydrogen) atoms. The number of ether oxygens (including phenoxy) is 1. The van der Waals surface area contributed by atoms with Gasteiger partial charge in [-0.3, -0.25) is 4.79 Å². The van der Waals surface area contributed by atoms with Crippen molar-refractivity contribution in [3.05, 3.63) is 0 Å². The third-order valence-electron chi connectivity index (χ3n) is 3.23. The molecule has 1 aliphatic carbocycles. The minimum Gasteiger partial charge on any atom is -0.459 e. The second-order valence-corrected chi connectivity index (χ2v) is 4.30. The van der Waals surface area contributed by atoms with Gasteiger partial charge in [0.05, 0.1) is 5.92 Å². The van der Waals surface area contributed by atoms with E-state index >= 15 is 0 Å². The van der Waals surface area contributed by atoms with Crippen LogP contribution in [0.3, 0.4) is 0 Å². The first-order chi connectivity index (χ1) is 6.63. The first kappa shape index (κ1) is 11.5. The summed E-state index contributed by atoms with van der Waals surface area (Å²) in [7, 11) is 0. The summed E-state index contributed by atoms with van der Waals surface area (Å²) in [6.07, 6.45) is 5.32. The Kier molecular flexibility index (Phi) is 3.93.